The van der Waals surface area contributed by atoms with E-state index in [1.165, 1.54) is 0 Å². The molecule has 23 heavy (non-hydrogen) atoms. The minimum absolute atomic E-state index is 0.101. The zero-order valence-corrected chi connectivity index (χ0v) is 12.6. The molecule has 2 aromatic carbocycles. The first-order chi connectivity index (χ1) is 11.1. The summed E-state index contributed by atoms with van der Waals surface area (Å²) in [6.07, 6.45) is 0. The molecular formula is C16H10N4O2S. The number of nitrogens with one attached hydrogen (secondary N) is 2. The molecule has 1 heterocycles. The van der Waals surface area contributed by atoms with Crippen LogP contribution in [0.15, 0.2) is 48.5 Å². The molecule has 0 aliphatic carbocycles. The van der Waals surface area contributed by atoms with Crippen LogP contribution in [-0.4, -0.2) is 21.9 Å². The van der Waals surface area contributed by atoms with Gasteiger partial charge in [0, 0.05) is 5.69 Å². The lowest BCUT2D eigenvalue weighted by atomic mass is 10.1. The van der Waals surface area contributed by atoms with Crippen LogP contribution in [0, 0.1) is 11.3 Å². The van der Waals surface area contributed by atoms with Crippen molar-refractivity contribution in [2.45, 2.75) is 0 Å². The standard InChI is InChI=1S/C16H10N4O2S/c17-9-10-5-7-11(8-6-10)18-16(23)19-20-14(21)12-3-1-2-4-13(12)15(20)22/h1-8H,(H2,18,19,23). The quantitative estimate of drug-likeness (QED) is 0.650. The van der Waals surface area contributed by atoms with E-state index in [1.807, 2.05) is 6.07 Å². The number of nitrogens with zero attached hydrogens (tertiary/aromatic N) is 2. The number of hydrazine groups is 1. The number of rotatable bonds is 2. The predicted molar refractivity (Wildman–Crippen MR) is 87.5 cm³/mol. The van der Waals surface area contributed by atoms with Gasteiger partial charge in [0.1, 0.15) is 0 Å². The number of benzene rings is 2. The van der Waals surface area contributed by atoms with Gasteiger partial charge < -0.3 is 5.32 Å². The Bertz CT molecular complexity index is 820. The number of hydrogen-bond acceptors (Lipinski definition) is 4. The van der Waals surface area contributed by atoms with Gasteiger partial charge in [0.2, 0.25) is 0 Å². The fourth-order valence-corrected chi connectivity index (χ4v) is 2.39. The number of thiocarbonyl (C=S) groups is 1. The highest BCUT2D eigenvalue weighted by molar-refractivity contribution is 7.80. The average molecular weight is 322 g/mol. The van der Waals surface area contributed by atoms with Crippen molar-refractivity contribution in [3.63, 3.8) is 0 Å². The minimum Gasteiger partial charge on any atom is -0.331 e. The summed E-state index contributed by atoms with van der Waals surface area (Å²) < 4.78 is 0. The van der Waals surface area contributed by atoms with Crippen molar-refractivity contribution in [3.8, 4) is 6.07 Å². The zero-order chi connectivity index (χ0) is 16.4. The smallest absolute Gasteiger partial charge is 0.280 e. The van der Waals surface area contributed by atoms with Gasteiger partial charge in [-0.05, 0) is 48.6 Å². The molecule has 0 atom stereocenters. The maximum Gasteiger partial charge on any atom is 0.280 e. The van der Waals surface area contributed by atoms with Gasteiger partial charge in [-0.1, -0.05) is 12.1 Å². The lowest BCUT2D eigenvalue weighted by Crippen LogP contribution is -2.47. The lowest BCUT2D eigenvalue weighted by molar-refractivity contribution is 0.0613. The first-order valence-electron chi connectivity index (χ1n) is 6.66. The average Bonchev–Trinajstić information content (AvgIpc) is 2.81. The van der Waals surface area contributed by atoms with E-state index in [9.17, 15) is 9.59 Å². The van der Waals surface area contributed by atoms with Gasteiger partial charge in [-0.15, -0.1) is 0 Å². The third-order valence-corrected chi connectivity index (χ3v) is 3.47. The van der Waals surface area contributed by atoms with Crippen molar-refractivity contribution in [1.82, 2.24) is 10.4 Å². The molecule has 0 saturated heterocycles. The van der Waals surface area contributed by atoms with E-state index in [0.29, 0.717) is 22.4 Å². The van der Waals surface area contributed by atoms with Crippen molar-refractivity contribution >= 4 is 34.8 Å². The van der Waals surface area contributed by atoms with Crippen molar-refractivity contribution in [3.05, 3.63) is 65.2 Å². The van der Waals surface area contributed by atoms with Crippen molar-refractivity contribution in [1.29, 1.82) is 5.26 Å². The lowest BCUT2D eigenvalue weighted by Gasteiger charge is -2.17. The fraction of sp³-hybridized carbons (Fsp3) is 0. The summed E-state index contributed by atoms with van der Waals surface area (Å²) in [4.78, 5) is 24.4. The van der Waals surface area contributed by atoms with Crippen LogP contribution < -0.4 is 10.7 Å². The Hall–Kier alpha value is -3.24. The van der Waals surface area contributed by atoms with E-state index in [2.05, 4.69) is 10.7 Å². The fourth-order valence-electron chi connectivity index (χ4n) is 2.18. The summed E-state index contributed by atoms with van der Waals surface area (Å²) in [5.74, 6) is -0.899. The van der Waals surface area contributed by atoms with Gasteiger partial charge in [-0.2, -0.15) is 10.3 Å². The Labute approximate surface area is 137 Å². The van der Waals surface area contributed by atoms with Gasteiger partial charge >= 0.3 is 0 Å². The number of imide groups is 1. The van der Waals surface area contributed by atoms with Crippen LogP contribution in [0.3, 0.4) is 0 Å². The number of fused-ring (bicyclic) bond motifs is 1. The summed E-state index contributed by atoms with van der Waals surface area (Å²) in [7, 11) is 0. The summed E-state index contributed by atoms with van der Waals surface area (Å²) in [6, 6.07) is 15.2. The third-order valence-electron chi connectivity index (χ3n) is 3.28. The Morgan fingerprint density at radius 2 is 1.57 bits per heavy atom. The number of carbonyl (C=O) groups excluding carboxylic acids is 2. The van der Waals surface area contributed by atoms with Crippen LogP contribution in [0.4, 0.5) is 5.69 Å². The van der Waals surface area contributed by atoms with Gasteiger partial charge in [0.15, 0.2) is 5.11 Å². The van der Waals surface area contributed by atoms with Crippen molar-refractivity contribution in [2.75, 3.05) is 5.32 Å². The normalized spacial score (nSPS) is 12.6. The van der Waals surface area contributed by atoms with Crippen LogP contribution >= 0.6 is 12.2 Å². The molecule has 2 N–H and O–H groups in total. The van der Waals surface area contributed by atoms with E-state index in [-0.39, 0.29) is 5.11 Å². The molecule has 2 amide bonds. The molecular weight excluding hydrogens is 312 g/mol. The molecule has 1 aliphatic rings. The predicted octanol–water partition coefficient (Wildman–Crippen LogP) is 2.06. The SMILES string of the molecule is N#Cc1ccc(NC(=S)NN2C(=O)c3ccccc3C2=O)cc1. The molecule has 6 nitrogen and oxygen atoms in total. The number of nitriles is 1. The third kappa shape index (κ3) is 2.75. The topological polar surface area (TPSA) is 85.2 Å². The molecule has 2 aromatic rings. The largest absolute Gasteiger partial charge is 0.331 e. The van der Waals surface area contributed by atoms with Crippen LogP contribution in [-0.2, 0) is 0 Å². The van der Waals surface area contributed by atoms with E-state index in [1.54, 1.807) is 48.5 Å². The highest BCUT2D eigenvalue weighted by atomic mass is 32.1. The summed E-state index contributed by atoms with van der Waals surface area (Å²) >= 11 is 5.12. The number of carbonyl (C=O) groups is 2. The Morgan fingerprint density at radius 1 is 1.00 bits per heavy atom. The van der Waals surface area contributed by atoms with Gasteiger partial charge in [-0.3, -0.25) is 15.0 Å². The second-order valence-corrected chi connectivity index (χ2v) is 5.15. The van der Waals surface area contributed by atoms with Crippen LogP contribution in [0.5, 0.6) is 0 Å². The van der Waals surface area contributed by atoms with Gasteiger partial charge in [0.25, 0.3) is 11.8 Å². The summed E-state index contributed by atoms with van der Waals surface area (Å²) in [6.45, 7) is 0. The molecule has 0 bridgehead atoms. The summed E-state index contributed by atoms with van der Waals surface area (Å²) in [5.41, 5.74) is 4.43. The Balaban J connectivity index is 1.70. The van der Waals surface area contributed by atoms with Crippen molar-refractivity contribution in [2.24, 2.45) is 0 Å². The minimum atomic E-state index is -0.449. The number of anilines is 1. The first kappa shape index (κ1) is 14.7. The second kappa shape index (κ2) is 5.87. The second-order valence-electron chi connectivity index (χ2n) is 4.75. The molecule has 3 rings (SSSR count). The molecule has 0 radical (unpaired) electrons. The maximum absolute atomic E-state index is 12.2. The molecule has 0 fully saturated rings. The maximum atomic E-state index is 12.2. The Kier molecular flexibility index (Phi) is 3.75. The van der Waals surface area contributed by atoms with Crippen LogP contribution in [0.25, 0.3) is 0 Å². The molecule has 1 aliphatic heterocycles. The van der Waals surface area contributed by atoms with E-state index >= 15 is 0 Å². The summed E-state index contributed by atoms with van der Waals surface area (Å²) in [5, 5.41) is 12.6. The van der Waals surface area contributed by atoms with E-state index in [0.717, 1.165) is 5.01 Å². The molecule has 0 unspecified atom stereocenters. The first-order valence-corrected chi connectivity index (χ1v) is 7.06. The van der Waals surface area contributed by atoms with Gasteiger partial charge in [-0.25, -0.2) is 0 Å². The van der Waals surface area contributed by atoms with Crippen molar-refractivity contribution < 1.29 is 9.59 Å². The molecule has 7 heteroatoms. The van der Waals surface area contributed by atoms with Crippen LogP contribution in [0.2, 0.25) is 0 Å². The highest BCUT2D eigenvalue weighted by Crippen LogP contribution is 2.20. The molecule has 0 saturated carbocycles. The number of amides is 2. The molecule has 112 valence electrons. The molecule has 0 aromatic heterocycles. The highest BCUT2D eigenvalue weighted by Gasteiger charge is 2.35. The monoisotopic (exact) mass is 322 g/mol. The molecule has 0 spiro atoms. The van der Waals surface area contributed by atoms with Crippen LogP contribution in [0.1, 0.15) is 26.3 Å². The van der Waals surface area contributed by atoms with Gasteiger partial charge in [0.05, 0.1) is 22.8 Å². The Morgan fingerprint density at radius 3 is 2.09 bits per heavy atom. The van der Waals surface area contributed by atoms with E-state index in [4.69, 9.17) is 17.5 Å². The zero-order valence-electron chi connectivity index (χ0n) is 11.7. The van der Waals surface area contributed by atoms with E-state index < -0.39 is 11.8 Å². The number of hydrogen-bond donors (Lipinski definition) is 2.